The molecule has 0 aliphatic carbocycles. The topological polar surface area (TPSA) is 75.6 Å². The average molecular weight is 381 g/mol. The van der Waals surface area contributed by atoms with E-state index < -0.39 is 30.6 Å². The van der Waals surface area contributed by atoms with E-state index in [2.05, 4.69) is 10.1 Å². The third-order valence-electron chi connectivity index (χ3n) is 3.70. The Morgan fingerprint density at radius 1 is 1.04 bits per heavy atom. The number of hydrogen-bond acceptors (Lipinski definition) is 3. The number of carboxylic acids is 1. The lowest BCUT2D eigenvalue weighted by Gasteiger charge is -2.14. The molecular formula is C19H18F3NO4. The molecule has 2 aromatic rings. The smallest absolute Gasteiger partial charge is 0.422 e. The lowest BCUT2D eigenvalue weighted by atomic mass is 9.99. The fourth-order valence-corrected chi connectivity index (χ4v) is 2.33. The Kier molecular flexibility index (Phi) is 6.81. The van der Waals surface area contributed by atoms with Gasteiger partial charge in [0.05, 0.1) is 5.92 Å². The zero-order chi connectivity index (χ0) is 19.9. The molecule has 1 amide bonds. The van der Waals surface area contributed by atoms with Crippen molar-refractivity contribution in [1.82, 2.24) is 5.32 Å². The zero-order valence-corrected chi connectivity index (χ0v) is 14.2. The number of rotatable bonds is 8. The van der Waals surface area contributed by atoms with Crippen LogP contribution < -0.4 is 10.1 Å². The van der Waals surface area contributed by atoms with E-state index >= 15 is 0 Å². The summed E-state index contributed by atoms with van der Waals surface area (Å²) < 4.78 is 40.9. The molecule has 8 heteroatoms. The number of nitrogens with one attached hydrogen (secondary N) is 1. The average Bonchev–Trinajstić information content (AvgIpc) is 2.63. The van der Waals surface area contributed by atoms with Crippen LogP contribution in [-0.2, 0) is 11.2 Å². The second-order valence-corrected chi connectivity index (χ2v) is 5.86. The number of benzene rings is 2. The van der Waals surface area contributed by atoms with E-state index in [1.165, 1.54) is 24.3 Å². The summed E-state index contributed by atoms with van der Waals surface area (Å²) in [5.74, 6) is -2.37. The van der Waals surface area contributed by atoms with Crippen molar-refractivity contribution in [3.8, 4) is 5.75 Å². The minimum Gasteiger partial charge on any atom is -0.484 e. The van der Waals surface area contributed by atoms with Gasteiger partial charge in [0.2, 0.25) is 0 Å². The van der Waals surface area contributed by atoms with Crippen LogP contribution in [0.3, 0.4) is 0 Å². The summed E-state index contributed by atoms with van der Waals surface area (Å²) in [5.41, 5.74) is 1.03. The first-order chi connectivity index (χ1) is 12.7. The molecule has 2 N–H and O–H groups in total. The third kappa shape index (κ3) is 7.01. The summed E-state index contributed by atoms with van der Waals surface area (Å²) in [4.78, 5) is 23.5. The number of halogens is 3. The molecule has 0 fully saturated rings. The van der Waals surface area contributed by atoms with Crippen LogP contribution in [-0.4, -0.2) is 36.3 Å². The molecule has 5 nitrogen and oxygen atoms in total. The van der Waals surface area contributed by atoms with Crippen molar-refractivity contribution in [3.63, 3.8) is 0 Å². The Balaban J connectivity index is 1.90. The van der Waals surface area contributed by atoms with E-state index in [-0.39, 0.29) is 24.3 Å². The highest BCUT2D eigenvalue weighted by atomic mass is 19.4. The number of alkyl halides is 3. The van der Waals surface area contributed by atoms with Gasteiger partial charge in [-0.15, -0.1) is 0 Å². The second-order valence-electron chi connectivity index (χ2n) is 5.86. The van der Waals surface area contributed by atoms with Gasteiger partial charge in [0.25, 0.3) is 5.91 Å². The highest BCUT2D eigenvalue weighted by Crippen LogP contribution is 2.19. The van der Waals surface area contributed by atoms with Gasteiger partial charge in [-0.05, 0) is 36.2 Å². The summed E-state index contributed by atoms with van der Waals surface area (Å²) in [6, 6.07) is 14.2. The Morgan fingerprint density at radius 2 is 1.67 bits per heavy atom. The second kappa shape index (κ2) is 9.07. The summed E-state index contributed by atoms with van der Waals surface area (Å²) in [6.45, 7) is -1.49. The van der Waals surface area contributed by atoms with E-state index in [1.54, 1.807) is 24.3 Å². The van der Waals surface area contributed by atoms with Crippen LogP contribution in [0.2, 0.25) is 0 Å². The number of carbonyl (C=O) groups excluding carboxylic acids is 1. The number of amides is 1. The van der Waals surface area contributed by atoms with Crippen molar-refractivity contribution >= 4 is 11.9 Å². The molecule has 0 saturated heterocycles. The number of ether oxygens (including phenoxy) is 1. The van der Waals surface area contributed by atoms with E-state index in [0.29, 0.717) is 0 Å². The Morgan fingerprint density at radius 3 is 2.22 bits per heavy atom. The third-order valence-corrected chi connectivity index (χ3v) is 3.70. The molecule has 1 unspecified atom stereocenters. The summed E-state index contributed by atoms with van der Waals surface area (Å²) in [5, 5.41) is 11.9. The Bertz CT molecular complexity index is 761. The van der Waals surface area contributed by atoms with Crippen molar-refractivity contribution in [3.05, 3.63) is 65.7 Å². The summed E-state index contributed by atoms with van der Waals surface area (Å²) in [6.07, 6.45) is -4.18. The molecule has 27 heavy (non-hydrogen) atoms. The molecule has 0 aliphatic heterocycles. The molecule has 0 radical (unpaired) electrons. The van der Waals surface area contributed by atoms with Crippen molar-refractivity contribution in [2.24, 2.45) is 5.92 Å². The van der Waals surface area contributed by atoms with Crippen LogP contribution in [0.4, 0.5) is 13.2 Å². The molecule has 0 bridgehead atoms. The minimum absolute atomic E-state index is 0.0173. The molecule has 2 aromatic carbocycles. The number of hydrogen-bond donors (Lipinski definition) is 2. The maximum atomic E-state index is 12.1. The molecule has 0 saturated carbocycles. The van der Waals surface area contributed by atoms with Gasteiger partial charge >= 0.3 is 12.1 Å². The van der Waals surface area contributed by atoms with Crippen molar-refractivity contribution < 1.29 is 32.6 Å². The van der Waals surface area contributed by atoms with Gasteiger partial charge in [-0.25, -0.2) is 0 Å². The fraction of sp³-hybridized carbons (Fsp3) is 0.263. The molecule has 1 atom stereocenters. The van der Waals surface area contributed by atoms with Gasteiger partial charge in [-0.3, -0.25) is 9.59 Å². The van der Waals surface area contributed by atoms with E-state index in [4.69, 9.17) is 0 Å². The molecule has 0 aromatic heterocycles. The van der Waals surface area contributed by atoms with Crippen LogP contribution in [0.15, 0.2) is 54.6 Å². The lowest BCUT2D eigenvalue weighted by Crippen LogP contribution is -2.34. The van der Waals surface area contributed by atoms with Crippen molar-refractivity contribution in [2.45, 2.75) is 12.6 Å². The van der Waals surface area contributed by atoms with Gasteiger partial charge in [-0.2, -0.15) is 13.2 Å². The first kappa shape index (κ1) is 20.3. The normalized spacial score (nSPS) is 12.3. The molecule has 2 rings (SSSR count). The van der Waals surface area contributed by atoms with Crippen LogP contribution in [0.5, 0.6) is 5.75 Å². The predicted octanol–water partition coefficient (Wildman–Crippen LogP) is 3.30. The van der Waals surface area contributed by atoms with E-state index in [1.807, 2.05) is 6.07 Å². The summed E-state index contributed by atoms with van der Waals surface area (Å²) >= 11 is 0. The standard InChI is InChI=1S/C19H18F3NO4/c20-19(21,22)12-27-16-8-6-14(7-9-16)17(24)23-11-15(18(25)26)10-13-4-2-1-3-5-13/h1-9,15H,10-12H2,(H,23,24)(H,25,26). The molecule has 144 valence electrons. The molecule has 0 heterocycles. The zero-order valence-electron chi connectivity index (χ0n) is 14.2. The number of aliphatic carboxylic acids is 1. The maximum absolute atomic E-state index is 12.1. The highest BCUT2D eigenvalue weighted by Gasteiger charge is 2.28. The Hall–Kier alpha value is -3.03. The van der Waals surface area contributed by atoms with Crippen LogP contribution in [0.1, 0.15) is 15.9 Å². The maximum Gasteiger partial charge on any atom is 0.422 e. The lowest BCUT2D eigenvalue weighted by molar-refractivity contribution is -0.153. The SMILES string of the molecule is O=C(NCC(Cc1ccccc1)C(=O)O)c1ccc(OCC(F)(F)F)cc1. The number of carboxylic acid groups (broad SMARTS) is 1. The van der Waals surface area contributed by atoms with E-state index in [0.717, 1.165) is 5.56 Å². The monoisotopic (exact) mass is 381 g/mol. The largest absolute Gasteiger partial charge is 0.484 e. The van der Waals surface area contributed by atoms with Gasteiger partial charge in [-0.1, -0.05) is 30.3 Å². The number of carbonyl (C=O) groups is 2. The molecular weight excluding hydrogens is 363 g/mol. The first-order valence-electron chi connectivity index (χ1n) is 8.09. The van der Waals surface area contributed by atoms with Crippen molar-refractivity contribution in [1.29, 1.82) is 0 Å². The van der Waals surface area contributed by atoms with Crippen LogP contribution in [0, 0.1) is 5.92 Å². The minimum atomic E-state index is -4.44. The predicted molar refractivity (Wildman–Crippen MR) is 91.6 cm³/mol. The first-order valence-corrected chi connectivity index (χ1v) is 8.09. The highest BCUT2D eigenvalue weighted by molar-refractivity contribution is 5.94. The molecule has 0 spiro atoms. The van der Waals surface area contributed by atoms with E-state index in [9.17, 15) is 27.9 Å². The molecule has 0 aliphatic rings. The fourth-order valence-electron chi connectivity index (χ4n) is 2.33. The summed E-state index contributed by atoms with van der Waals surface area (Å²) in [7, 11) is 0. The van der Waals surface area contributed by atoms with Gasteiger partial charge in [0.1, 0.15) is 5.75 Å². The van der Waals surface area contributed by atoms with Crippen molar-refractivity contribution in [2.75, 3.05) is 13.2 Å². The van der Waals surface area contributed by atoms with Gasteiger partial charge < -0.3 is 15.2 Å². The van der Waals surface area contributed by atoms with Crippen LogP contribution in [0.25, 0.3) is 0 Å². The quantitative estimate of drug-likeness (QED) is 0.736. The van der Waals surface area contributed by atoms with Gasteiger partial charge in [0.15, 0.2) is 6.61 Å². The Labute approximate surface area is 153 Å². The van der Waals surface area contributed by atoms with Gasteiger partial charge in [0, 0.05) is 12.1 Å². The van der Waals surface area contributed by atoms with Crippen LogP contribution >= 0.6 is 0 Å².